The van der Waals surface area contributed by atoms with Crippen molar-refractivity contribution in [3.05, 3.63) is 28.8 Å². The molecule has 0 bridgehead atoms. The van der Waals surface area contributed by atoms with Gasteiger partial charge in [-0.1, -0.05) is 6.07 Å². The molecule has 100 valence electrons. The fourth-order valence-electron chi connectivity index (χ4n) is 2.72. The Balaban J connectivity index is 2.55. The summed E-state index contributed by atoms with van der Waals surface area (Å²) in [6.07, 6.45) is 0. The quantitative estimate of drug-likeness (QED) is 0.894. The Kier molecular flexibility index (Phi) is 3.16. The second kappa shape index (κ2) is 4.25. The van der Waals surface area contributed by atoms with E-state index in [2.05, 4.69) is 33.8 Å². The van der Waals surface area contributed by atoms with Crippen LogP contribution in [0.25, 0.3) is 0 Å². The number of ether oxygens (including phenoxy) is 2. The minimum absolute atomic E-state index is 0.0753. The van der Waals surface area contributed by atoms with Gasteiger partial charge in [0.15, 0.2) is 0 Å². The standard InChI is InChI=1S/C15H23NO2/c1-10-11(2)13(17-5)7-6-12(10)15(8-18-9-15)14(3,4)16/h6-7H,8-9,16H2,1-5H3. The van der Waals surface area contributed by atoms with Crippen molar-refractivity contribution in [2.75, 3.05) is 20.3 Å². The lowest BCUT2D eigenvalue weighted by Crippen LogP contribution is -2.65. The molecular weight excluding hydrogens is 226 g/mol. The Bertz CT molecular complexity index is 456. The van der Waals surface area contributed by atoms with E-state index >= 15 is 0 Å². The van der Waals surface area contributed by atoms with Crippen LogP contribution < -0.4 is 10.5 Å². The summed E-state index contributed by atoms with van der Waals surface area (Å²) in [7, 11) is 1.70. The van der Waals surface area contributed by atoms with Crippen LogP contribution in [0.15, 0.2) is 12.1 Å². The first-order chi connectivity index (χ1) is 8.33. The summed E-state index contributed by atoms with van der Waals surface area (Å²) in [4.78, 5) is 0. The molecule has 18 heavy (non-hydrogen) atoms. The minimum Gasteiger partial charge on any atom is -0.496 e. The molecule has 0 amide bonds. The van der Waals surface area contributed by atoms with Gasteiger partial charge in [0.1, 0.15) is 5.75 Å². The van der Waals surface area contributed by atoms with Crippen LogP contribution in [0.1, 0.15) is 30.5 Å². The van der Waals surface area contributed by atoms with Crippen molar-refractivity contribution < 1.29 is 9.47 Å². The SMILES string of the molecule is COc1ccc(C2(C(C)(C)N)COC2)c(C)c1C. The number of benzene rings is 1. The zero-order valence-corrected chi connectivity index (χ0v) is 12.0. The van der Waals surface area contributed by atoms with E-state index in [0.717, 1.165) is 5.75 Å². The Morgan fingerprint density at radius 1 is 1.22 bits per heavy atom. The highest BCUT2D eigenvalue weighted by atomic mass is 16.5. The van der Waals surface area contributed by atoms with Crippen LogP contribution in [0.4, 0.5) is 0 Å². The maximum atomic E-state index is 6.39. The molecule has 1 aromatic rings. The van der Waals surface area contributed by atoms with Crippen molar-refractivity contribution in [2.24, 2.45) is 5.73 Å². The Morgan fingerprint density at radius 2 is 1.83 bits per heavy atom. The van der Waals surface area contributed by atoms with Gasteiger partial charge in [-0.25, -0.2) is 0 Å². The van der Waals surface area contributed by atoms with Crippen molar-refractivity contribution in [1.82, 2.24) is 0 Å². The normalized spacial score (nSPS) is 18.3. The van der Waals surface area contributed by atoms with Crippen molar-refractivity contribution in [2.45, 2.75) is 38.6 Å². The molecule has 0 spiro atoms. The molecule has 0 unspecified atom stereocenters. The van der Waals surface area contributed by atoms with Crippen molar-refractivity contribution >= 4 is 0 Å². The monoisotopic (exact) mass is 249 g/mol. The molecule has 2 rings (SSSR count). The predicted molar refractivity (Wildman–Crippen MR) is 73.2 cm³/mol. The van der Waals surface area contributed by atoms with Crippen molar-refractivity contribution in [1.29, 1.82) is 0 Å². The van der Waals surface area contributed by atoms with Crippen LogP contribution in [0.2, 0.25) is 0 Å². The summed E-state index contributed by atoms with van der Waals surface area (Å²) in [5.41, 5.74) is 9.75. The lowest BCUT2D eigenvalue weighted by molar-refractivity contribution is -0.0922. The molecule has 1 aliphatic rings. The van der Waals surface area contributed by atoms with Crippen LogP contribution in [-0.4, -0.2) is 25.9 Å². The molecule has 1 fully saturated rings. The van der Waals surface area contributed by atoms with E-state index < -0.39 is 0 Å². The highest BCUT2D eigenvalue weighted by Crippen LogP contribution is 2.43. The number of hydrogen-bond acceptors (Lipinski definition) is 3. The first-order valence-corrected chi connectivity index (χ1v) is 6.35. The Hall–Kier alpha value is -1.06. The average molecular weight is 249 g/mol. The van der Waals surface area contributed by atoms with Crippen LogP contribution in [0.5, 0.6) is 5.75 Å². The maximum absolute atomic E-state index is 6.39. The molecule has 0 atom stereocenters. The highest BCUT2D eigenvalue weighted by molar-refractivity contribution is 5.49. The second-order valence-corrected chi connectivity index (χ2v) is 5.86. The van der Waals surface area contributed by atoms with E-state index in [1.165, 1.54) is 16.7 Å². The first-order valence-electron chi connectivity index (χ1n) is 6.35. The largest absolute Gasteiger partial charge is 0.496 e. The van der Waals surface area contributed by atoms with Gasteiger partial charge in [-0.2, -0.15) is 0 Å². The van der Waals surface area contributed by atoms with Gasteiger partial charge < -0.3 is 15.2 Å². The fourth-order valence-corrected chi connectivity index (χ4v) is 2.72. The highest BCUT2D eigenvalue weighted by Gasteiger charge is 2.51. The van der Waals surface area contributed by atoms with Gasteiger partial charge in [0.25, 0.3) is 0 Å². The van der Waals surface area contributed by atoms with Gasteiger partial charge in [0.2, 0.25) is 0 Å². The second-order valence-electron chi connectivity index (χ2n) is 5.86. The van der Waals surface area contributed by atoms with Crippen LogP contribution in [-0.2, 0) is 10.2 Å². The van der Waals surface area contributed by atoms with Gasteiger partial charge >= 0.3 is 0 Å². The molecular formula is C15H23NO2. The molecule has 1 aromatic carbocycles. The lowest BCUT2D eigenvalue weighted by atomic mass is 9.64. The lowest BCUT2D eigenvalue weighted by Gasteiger charge is -2.51. The predicted octanol–water partition coefficient (Wildman–Crippen LogP) is 2.32. The van der Waals surface area contributed by atoms with E-state index in [9.17, 15) is 0 Å². The summed E-state index contributed by atoms with van der Waals surface area (Å²) in [5, 5.41) is 0. The van der Waals surface area contributed by atoms with E-state index in [4.69, 9.17) is 15.2 Å². The summed E-state index contributed by atoms with van der Waals surface area (Å²) < 4.78 is 10.8. The van der Waals surface area contributed by atoms with Crippen molar-refractivity contribution in [3.63, 3.8) is 0 Å². The summed E-state index contributed by atoms with van der Waals surface area (Å²) in [5.74, 6) is 0.932. The van der Waals surface area contributed by atoms with E-state index in [1.807, 2.05) is 6.07 Å². The topological polar surface area (TPSA) is 44.5 Å². The maximum Gasteiger partial charge on any atom is 0.122 e. The van der Waals surface area contributed by atoms with Crippen LogP contribution in [0, 0.1) is 13.8 Å². The summed E-state index contributed by atoms with van der Waals surface area (Å²) in [6.45, 7) is 9.78. The molecule has 0 aromatic heterocycles. The van der Waals surface area contributed by atoms with Gasteiger partial charge in [-0.3, -0.25) is 0 Å². The van der Waals surface area contributed by atoms with E-state index in [1.54, 1.807) is 7.11 Å². The third kappa shape index (κ3) is 1.73. The third-order valence-electron chi connectivity index (χ3n) is 4.40. The molecule has 1 heterocycles. The molecule has 0 radical (unpaired) electrons. The molecule has 0 aliphatic carbocycles. The molecule has 0 saturated carbocycles. The summed E-state index contributed by atoms with van der Waals surface area (Å²) in [6, 6.07) is 4.17. The fraction of sp³-hybridized carbons (Fsp3) is 0.600. The summed E-state index contributed by atoms with van der Waals surface area (Å²) >= 11 is 0. The molecule has 2 N–H and O–H groups in total. The van der Waals surface area contributed by atoms with Gasteiger partial charge in [-0.05, 0) is 50.5 Å². The van der Waals surface area contributed by atoms with E-state index in [0.29, 0.717) is 13.2 Å². The van der Waals surface area contributed by atoms with Crippen molar-refractivity contribution in [3.8, 4) is 5.75 Å². The van der Waals surface area contributed by atoms with Gasteiger partial charge in [0.05, 0.1) is 25.7 Å². The van der Waals surface area contributed by atoms with Gasteiger partial charge in [-0.15, -0.1) is 0 Å². The molecule has 3 nitrogen and oxygen atoms in total. The van der Waals surface area contributed by atoms with Crippen LogP contribution in [0.3, 0.4) is 0 Å². The molecule has 3 heteroatoms. The van der Waals surface area contributed by atoms with Crippen LogP contribution >= 0.6 is 0 Å². The molecule has 1 saturated heterocycles. The number of rotatable bonds is 3. The Morgan fingerprint density at radius 3 is 2.22 bits per heavy atom. The Labute approximate surface area is 109 Å². The zero-order chi connectivity index (χ0) is 13.6. The first kappa shape index (κ1) is 13.4. The van der Waals surface area contributed by atoms with E-state index in [-0.39, 0.29) is 11.0 Å². The number of nitrogens with two attached hydrogens (primary N) is 1. The smallest absolute Gasteiger partial charge is 0.122 e. The van der Waals surface area contributed by atoms with Gasteiger partial charge in [0, 0.05) is 5.54 Å². The number of methoxy groups -OCH3 is 1. The zero-order valence-electron chi connectivity index (χ0n) is 12.0. The average Bonchev–Trinajstić information content (AvgIpc) is 2.21. The molecule has 1 aliphatic heterocycles. The third-order valence-corrected chi connectivity index (χ3v) is 4.40. The number of hydrogen-bond donors (Lipinski definition) is 1. The minimum atomic E-state index is -0.295.